The first kappa shape index (κ1) is 16.6. The molecular weight excluding hydrogens is 284 g/mol. The van der Waals surface area contributed by atoms with E-state index in [2.05, 4.69) is 4.74 Å². The minimum absolute atomic E-state index is 0.0788. The van der Waals surface area contributed by atoms with E-state index >= 15 is 0 Å². The lowest BCUT2D eigenvalue weighted by Gasteiger charge is -2.12. The number of esters is 1. The molecule has 0 bridgehead atoms. The summed E-state index contributed by atoms with van der Waals surface area (Å²) in [5, 5.41) is 0. The van der Waals surface area contributed by atoms with E-state index in [4.69, 9.17) is 8.92 Å². The zero-order chi connectivity index (χ0) is 15.2. The number of ether oxygens (including phenoxy) is 2. The molecule has 0 heterocycles. The van der Waals surface area contributed by atoms with Gasteiger partial charge in [-0.2, -0.15) is 8.42 Å². The second-order valence-corrected chi connectivity index (χ2v) is 5.74. The van der Waals surface area contributed by atoms with Crippen molar-refractivity contribution in [3.63, 3.8) is 0 Å². The molecule has 0 spiro atoms. The summed E-state index contributed by atoms with van der Waals surface area (Å²) in [6.45, 7) is 1.70. The van der Waals surface area contributed by atoms with Gasteiger partial charge in [-0.25, -0.2) is 4.79 Å². The van der Waals surface area contributed by atoms with Gasteiger partial charge >= 0.3 is 5.97 Å². The Morgan fingerprint density at radius 3 is 2.30 bits per heavy atom. The first-order valence-electron chi connectivity index (χ1n) is 5.97. The molecule has 0 saturated carbocycles. The zero-order valence-electron chi connectivity index (χ0n) is 11.7. The normalized spacial score (nSPS) is 12.9. The van der Waals surface area contributed by atoms with Crippen molar-refractivity contribution in [1.29, 1.82) is 0 Å². The van der Waals surface area contributed by atoms with Gasteiger partial charge in [-0.3, -0.25) is 4.18 Å². The van der Waals surface area contributed by atoms with Crippen molar-refractivity contribution in [2.45, 2.75) is 24.3 Å². The molecule has 1 aromatic rings. The third-order valence-electron chi connectivity index (χ3n) is 2.68. The van der Waals surface area contributed by atoms with Crippen LogP contribution in [-0.4, -0.2) is 41.3 Å². The molecule has 7 heteroatoms. The summed E-state index contributed by atoms with van der Waals surface area (Å²) in [4.78, 5) is 11.3. The van der Waals surface area contributed by atoms with Gasteiger partial charge in [-0.05, 0) is 19.1 Å². The van der Waals surface area contributed by atoms with Crippen LogP contribution < -0.4 is 0 Å². The lowest BCUT2D eigenvalue weighted by molar-refractivity contribution is -0.153. The fourth-order valence-corrected chi connectivity index (χ4v) is 2.42. The fourth-order valence-electron chi connectivity index (χ4n) is 1.50. The number of carbonyl (C=O) groups excluding carboxylic acids is 1. The summed E-state index contributed by atoms with van der Waals surface area (Å²) in [7, 11) is -1.24. The molecule has 6 nitrogen and oxygen atoms in total. The summed E-state index contributed by atoms with van der Waals surface area (Å²) in [5.41, 5.74) is 0.953. The Kier molecular flexibility index (Phi) is 6.12. The molecule has 0 aliphatic heterocycles. The standard InChI is InChI=1S/C13H18O6S/c1-10-4-6-11(7-5-10)20(15,16)19-9-8-12(17-2)13(14)18-3/h4-7,12H,8-9H2,1-3H3. The zero-order valence-corrected chi connectivity index (χ0v) is 12.5. The van der Waals surface area contributed by atoms with Crippen LogP contribution in [0.1, 0.15) is 12.0 Å². The Hall–Kier alpha value is -1.44. The lowest BCUT2D eigenvalue weighted by atomic mass is 10.2. The van der Waals surface area contributed by atoms with Crippen molar-refractivity contribution in [1.82, 2.24) is 0 Å². The fraction of sp³-hybridized carbons (Fsp3) is 0.462. The van der Waals surface area contributed by atoms with Gasteiger partial charge in [0, 0.05) is 13.5 Å². The number of methoxy groups -OCH3 is 2. The summed E-state index contributed by atoms with van der Waals surface area (Å²) < 4.78 is 38.0. The van der Waals surface area contributed by atoms with E-state index in [1.165, 1.54) is 26.4 Å². The predicted molar refractivity (Wildman–Crippen MR) is 71.7 cm³/mol. The van der Waals surface area contributed by atoms with Crippen molar-refractivity contribution < 1.29 is 26.9 Å². The first-order chi connectivity index (χ1) is 9.40. The SMILES string of the molecule is COC(=O)C(CCOS(=O)(=O)c1ccc(C)cc1)OC. The van der Waals surface area contributed by atoms with Crippen molar-refractivity contribution >= 4 is 16.1 Å². The Balaban J connectivity index is 2.60. The maximum Gasteiger partial charge on any atom is 0.335 e. The topological polar surface area (TPSA) is 78.9 Å². The van der Waals surface area contributed by atoms with Crippen LogP contribution in [0.2, 0.25) is 0 Å². The highest BCUT2D eigenvalue weighted by Gasteiger charge is 2.21. The maximum atomic E-state index is 11.9. The van der Waals surface area contributed by atoms with E-state index in [0.717, 1.165) is 5.56 Å². The average Bonchev–Trinajstić information content (AvgIpc) is 2.43. The number of hydrogen-bond acceptors (Lipinski definition) is 6. The van der Waals surface area contributed by atoms with Crippen LogP contribution >= 0.6 is 0 Å². The third kappa shape index (κ3) is 4.59. The molecule has 0 N–H and O–H groups in total. The number of rotatable bonds is 7. The predicted octanol–water partition coefficient (Wildman–Crippen LogP) is 1.28. The number of carbonyl (C=O) groups is 1. The van der Waals surface area contributed by atoms with Gasteiger partial charge in [0.05, 0.1) is 18.6 Å². The van der Waals surface area contributed by atoms with Crippen LogP contribution in [0, 0.1) is 6.92 Å². The van der Waals surface area contributed by atoms with Crippen LogP contribution in [0.3, 0.4) is 0 Å². The van der Waals surface area contributed by atoms with Crippen molar-refractivity contribution in [3.05, 3.63) is 29.8 Å². The molecule has 112 valence electrons. The highest BCUT2D eigenvalue weighted by Crippen LogP contribution is 2.14. The summed E-state index contributed by atoms with van der Waals surface area (Å²) in [5.74, 6) is -0.566. The van der Waals surface area contributed by atoms with Gasteiger partial charge in [-0.1, -0.05) is 17.7 Å². The number of hydrogen-bond donors (Lipinski definition) is 0. The molecule has 0 saturated heterocycles. The molecule has 20 heavy (non-hydrogen) atoms. The molecule has 0 amide bonds. The molecule has 1 unspecified atom stereocenters. The van der Waals surface area contributed by atoms with Crippen LogP contribution in [0.25, 0.3) is 0 Å². The van der Waals surface area contributed by atoms with Crippen LogP contribution in [0.5, 0.6) is 0 Å². The largest absolute Gasteiger partial charge is 0.467 e. The summed E-state index contributed by atoms with van der Waals surface area (Å²) in [6.07, 6.45) is -0.748. The number of aryl methyl sites for hydroxylation is 1. The van der Waals surface area contributed by atoms with Crippen LogP contribution in [0.15, 0.2) is 29.2 Å². The molecule has 0 aromatic heterocycles. The van der Waals surface area contributed by atoms with Gasteiger partial charge in [-0.15, -0.1) is 0 Å². The highest BCUT2D eigenvalue weighted by molar-refractivity contribution is 7.86. The van der Waals surface area contributed by atoms with Crippen molar-refractivity contribution in [2.24, 2.45) is 0 Å². The number of benzene rings is 1. The van der Waals surface area contributed by atoms with Crippen LogP contribution in [0.4, 0.5) is 0 Å². The maximum absolute atomic E-state index is 11.9. The summed E-state index contributed by atoms with van der Waals surface area (Å²) in [6, 6.07) is 6.31. The Labute approximate surface area is 118 Å². The molecule has 0 radical (unpaired) electrons. The molecule has 0 aliphatic rings. The van der Waals surface area contributed by atoms with E-state index in [1.54, 1.807) is 12.1 Å². The van der Waals surface area contributed by atoms with Gasteiger partial charge in [0.15, 0.2) is 6.10 Å². The van der Waals surface area contributed by atoms with Gasteiger partial charge in [0.25, 0.3) is 10.1 Å². The monoisotopic (exact) mass is 302 g/mol. The minimum Gasteiger partial charge on any atom is -0.467 e. The van der Waals surface area contributed by atoms with Gasteiger partial charge in [0.2, 0.25) is 0 Å². The molecule has 0 aliphatic carbocycles. The molecule has 0 fully saturated rings. The average molecular weight is 302 g/mol. The highest BCUT2D eigenvalue weighted by atomic mass is 32.2. The second kappa shape index (κ2) is 7.37. The van der Waals surface area contributed by atoms with Gasteiger partial charge in [0.1, 0.15) is 0 Å². The Morgan fingerprint density at radius 2 is 1.80 bits per heavy atom. The molecule has 1 atom stereocenters. The lowest BCUT2D eigenvalue weighted by Crippen LogP contribution is -2.26. The summed E-state index contributed by atoms with van der Waals surface area (Å²) >= 11 is 0. The van der Waals surface area contributed by atoms with E-state index in [1.807, 2.05) is 6.92 Å². The van der Waals surface area contributed by atoms with Crippen molar-refractivity contribution in [2.75, 3.05) is 20.8 Å². The smallest absolute Gasteiger partial charge is 0.335 e. The Morgan fingerprint density at radius 1 is 1.20 bits per heavy atom. The minimum atomic E-state index is -3.82. The quantitative estimate of drug-likeness (QED) is 0.557. The molecule has 1 rings (SSSR count). The van der Waals surface area contributed by atoms with E-state index < -0.39 is 22.2 Å². The van der Waals surface area contributed by atoms with E-state index in [9.17, 15) is 13.2 Å². The Bertz CT molecular complexity index is 534. The van der Waals surface area contributed by atoms with E-state index in [0.29, 0.717) is 0 Å². The molecule has 1 aromatic carbocycles. The van der Waals surface area contributed by atoms with E-state index in [-0.39, 0.29) is 17.9 Å². The van der Waals surface area contributed by atoms with Crippen molar-refractivity contribution in [3.8, 4) is 0 Å². The second-order valence-electron chi connectivity index (χ2n) is 4.13. The molecular formula is C13H18O6S. The third-order valence-corrected chi connectivity index (χ3v) is 4.00. The van der Waals surface area contributed by atoms with Gasteiger partial charge < -0.3 is 9.47 Å². The van der Waals surface area contributed by atoms with Crippen LogP contribution in [-0.2, 0) is 28.6 Å². The first-order valence-corrected chi connectivity index (χ1v) is 7.38.